The van der Waals surface area contributed by atoms with Crippen LogP contribution in [-0.2, 0) is 16.1 Å². The first-order valence-electron chi connectivity index (χ1n) is 10.2. The van der Waals surface area contributed by atoms with Crippen molar-refractivity contribution in [3.8, 4) is 11.5 Å². The van der Waals surface area contributed by atoms with E-state index in [-0.39, 0.29) is 29.4 Å². The molecule has 1 atom stereocenters. The van der Waals surface area contributed by atoms with Crippen LogP contribution in [0.4, 0.5) is 0 Å². The number of methoxy groups -OCH3 is 1. The highest BCUT2D eigenvalue weighted by molar-refractivity contribution is 9.10. The Morgan fingerprint density at radius 3 is 2.61 bits per heavy atom. The lowest BCUT2D eigenvalue weighted by Crippen LogP contribution is -2.29. The zero-order valence-corrected chi connectivity index (χ0v) is 19.8. The predicted octanol–water partition coefficient (Wildman–Crippen LogP) is 5.00. The van der Waals surface area contributed by atoms with Gasteiger partial charge in [0.2, 0.25) is 0 Å². The van der Waals surface area contributed by atoms with Crippen molar-refractivity contribution in [1.29, 1.82) is 0 Å². The Balaban J connectivity index is 1.96. The molecule has 0 saturated carbocycles. The van der Waals surface area contributed by atoms with Gasteiger partial charge in [0.1, 0.15) is 11.5 Å². The van der Waals surface area contributed by atoms with Gasteiger partial charge in [-0.2, -0.15) is 0 Å². The minimum atomic E-state index is -0.930. The maximum Gasteiger partial charge on any atom is 0.296 e. The molecule has 0 radical (unpaired) electrons. The quantitative estimate of drug-likeness (QED) is 0.284. The molecule has 0 bridgehead atoms. The molecule has 1 amide bonds. The number of likely N-dealkylation sites (tertiary alicyclic amines) is 1. The molecule has 1 aliphatic heterocycles. The molecule has 1 unspecified atom stereocenters. The number of carbonyl (C=O) groups excluding carboxylic acids is 2. The van der Waals surface area contributed by atoms with Crippen LogP contribution in [0.2, 0.25) is 0 Å². The fourth-order valence-electron chi connectivity index (χ4n) is 4.00. The summed E-state index contributed by atoms with van der Waals surface area (Å²) in [5.74, 6) is -1.28. The van der Waals surface area contributed by atoms with Crippen molar-refractivity contribution in [3.05, 3.63) is 86.8 Å². The van der Waals surface area contributed by atoms with Crippen molar-refractivity contribution < 1.29 is 29.0 Å². The Morgan fingerprint density at radius 2 is 1.94 bits per heavy atom. The second-order valence-corrected chi connectivity index (χ2v) is 8.73. The highest BCUT2D eigenvalue weighted by Crippen LogP contribution is 2.45. The number of benzene rings is 2. The zero-order valence-electron chi connectivity index (χ0n) is 18.3. The van der Waals surface area contributed by atoms with Gasteiger partial charge in [0.05, 0.1) is 36.0 Å². The molecular formula is C25H22BrNO6. The lowest BCUT2D eigenvalue weighted by atomic mass is 9.93. The summed E-state index contributed by atoms with van der Waals surface area (Å²) in [6, 6.07) is 11.1. The van der Waals surface area contributed by atoms with Crippen LogP contribution < -0.4 is 4.74 Å². The molecule has 2 heterocycles. The van der Waals surface area contributed by atoms with Gasteiger partial charge in [0, 0.05) is 5.56 Å². The van der Waals surface area contributed by atoms with E-state index < -0.39 is 17.7 Å². The van der Waals surface area contributed by atoms with Crippen molar-refractivity contribution in [2.75, 3.05) is 7.11 Å². The molecular weight excluding hydrogens is 490 g/mol. The van der Waals surface area contributed by atoms with Crippen LogP contribution in [0.15, 0.2) is 63.2 Å². The summed E-state index contributed by atoms with van der Waals surface area (Å²) in [7, 11) is 1.40. The molecule has 1 fully saturated rings. The first-order chi connectivity index (χ1) is 15.7. The van der Waals surface area contributed by atoms with Crippen molar-refractivity contribution in [3.63, 3.8) is 0 Å². The summed E-state index contributed by atoms with van der Waals surface area (Å²) in [6.45, 7) is 3.72. The highest BCUT2D eigenvalue weighted by Gasteiger charge is 2.47. The number of hydrogen-bond donors (Lipinski definition) is 2. The Labute approximate surface area is 199 Å². The van der Waals surface area contributed by atoms with Crippen LogP contribution in [0.25, 0.3) is 5.76 Å². The third kappa shape index (κ3) is 4.02. The SMILES string of the molecule is COc1cc(C2C(=C(O)c3cc(C)ccc3C)C(=O)C(=O)N2Cc2ccco2)cc(Br)c1O. The third-order valence-electron chi connectivity index (χ3n) is 5.68. The van der Waals surface area contributed by atoms with E-state index in [1.165, 1.54) is 18.3 Å². The number of hydrogen-bond acceptors (Lipinski definition) is 6. The van der Waals surface area contributed by atoms with Crippen LogP contribution in [0, 0.1) is 13.8 Å². The topological polar surface area (TPSA) is 100 Å². The van der Waals surface area contributed by atoms with Crippen molar-refractivity contribution in [2.45, 2.75) is 26.4 Å². The zero-order chi connectivity index (χ0) is 23.9. The molecule has 170 valence electrons. The van der Waals surface area contributed by atoms with Gasteiger partial charge >= 0.3 is 0 Å². The standard InChI is InChI=1S/C25H22BrNO6/c1-13-6-7-14(2)17(9-13)22(28)20-21(15-10-18(26)23(29)19(11-15)32-3)27(25(31)24(20)30)12-16-5-4-8-33-16/h4-11,21,28-29H,12H2,1-3H3. The lowest BCUT2D eigenvalue weighted by Gasteiger charge is -2.25. The second kappa shape index (κ2) is 8.78. The minimum absolute atomic E-state index is 0.0205. The number of amides is 1. The number of aryl methyl sites for hydroxylation is 2. The number of phenolic OH excluding ortho intramolecular Hbond substituents is 1. The number of Topliss-reactive ketones (excluding diaryl/α,β-unsaturated/α-hetero) is 1. The summed E-state index contributed by atoms with van der Waals surface area (Å²) in [6.07, 6.45) is 1.48. The van der Waals surface area contributed by atoms with Gasteiger partial charge in [0.15, 0.2) is 11.5 Å². The molecule has 8 heteroatoms. The van der Waals surface area contributed by atoms with E-state index in [1.54, 1.807) is 30.3 Å². The monoisotopic (exact) mass is 511 g/mol. The molecule has 2 N–H and O–H groups in total. The van der Waals surface area contributed by atoms with E-state index >= 15 is 0 Å². The molecule has 3 aromatic rings. The average Bonchev–Trinajstić information content (AvgIpc) is 3.39. The van der Waals surface area contributed by atoms with E-state index in [9.17, 15) is 19.8 Å². The molecule has 1 saturated heterocycles. The van der Waals surface area contributed by atoms with Crippen LogP contribution in [-0.4, -0.2) is 33.9 Å². The number of aliphatic hydroxyl groups is 1. The maximum atomic E-state index is 13.2. The number of ketones is 1. The number of furan rings is 1. The fourth-order valence-corrected chi connectivity index (χ4v) is 4.46. The van der Waals surface area contributed by atoms with Crippen LogP contribution >= 0.6 is 15.9 Å². The van der Waals surface area contributed by atoms with Gasteiger partial charge in [0.25, 0.3) is 11.7 Å². The van der Waals surface area contributed by atoms with E-state index in [0.717, 1.165) is 11.1 Å². The number of rotatable bonds is 5. The number of aromatic hydroxyl groups is 1. The molecule has 7 nitrogen and oxygen atoms in total. The average molecular weight is 512 g/mol. The van der Waals surface area contributed by atoms with Gasteiger partial charge < -0.3 is 24.3 Å². The van der Waals surface area contributed by atoms with Crippen LogP contribution in [0.5, 0.6) is 11.5 Å². The summed E-state index contributed by atoms with van der Waals surface area (Å²) in [5, 5.41) is 21.6. The largest absolute Gasteiger partial charge is 0.507 e. The number of nitrogens with zero attached hydrogens (tertiary/aromatic N) is 1. The molecule has 4 rings (SSSR count). The number of aliphatic hydroxyl groups excluding tert-OH is 1. The third-order valence-corrected chi connectivity index (χ3v) is 6.29. The first kappa shape index (κ1) is 22.7. The van der Waals surface area contributed by atoms with Crippen molar-refractivity contribution >= 4 is 33.4 Å². The second-order valence-electron chi connectivity index (χ2n) is 7.88. The van der Waals surface area contributed by atoms with Crippen molar-refractivity contribution in [2.24, 2.45) is 0 Å². The van der Waals surface area contributed by atoms with Gasteiger partial charge in [-0.05, 0) is 71.2 Å². The minimum Gasteiger partial charge on any atom is -0.507 e. The van der Waals surface area contributed by atoms with Gasteiger partial charge in [-0.25, -0.2) is 0 Å². The number of phenols is 1. The Hall–Kier alpha value is -3.52. The Kier molecular flexibility index (Phi) is 6.03. The van der Waals surface area contributed by atoms with E-state index in [0.29, 0.717) is 21.4 Å². The van der Waals surface area contributed by atoms with Crippen LogP contribution in [0.3, 0.4) is 0 Å². The van der Waals surface area contributed by atoms with Crippen molar-refractivity contribution in [1.82, 2.24) is 4.90 Å². The smallest absolute Gasteiger partial charge is 0.296 e. The van der Waals surface area contributed by atoms with E-state index in [1.807, 2.05) is 26.0 Å². The molecule has 2 aromatic carbocycles. The Morgan fingerprint density at radius 1 is 1.18 bits per heavy atom. The predicted molar refractivity (Wildman–Crippen MR) is 125 cm³/mol. The van der Waals surface area contributed by atoms with Gasteiger partial charge in [-0.3, -0.25) is 9.59 Å². The number of carbonyl (C=O) groups is 2. The van der Waals surface area contributed by atoms with E-state index in [4.69, 9.17) is 9.15 Å². The fraction of sp³-hybridized carbons (Fsp3) is 0.200. The molecule has 33 heavy (non-hydrogen) atoms. The van der Waals surface area contributed by atoms with Gasteiger partial charge in [-0.1, -0.05) is 17.7 Å². The Bertz CT molecular complexity index is 1280. The first-order valence-corrected chi connectivity index (χ1v) is 11.0. The molecule has 0 aliphatic carbocycles. The summed E-state index contributed by atoms with van der Waals surface area (Å²) < 4.78 is 11.0. The van der Waals surface area contributed by atoms with E-state index in [2.05, 4.69) is 15.9 Å². The van der Waals surface area contributed by atoms with Gasteiger partial charge in [-0.15, -0.1) is 0 Å². The summed E-state index contributed by atoms with van der Waals surface area (Å²) in [4.78, 5) is 27.7. The molecule has 0 spiro atoms. The van der Waals surface area contributed by atoms with Crippen LogP contribution in [0.1, 0.15) is 34.1 Å². The summed E-state index contributed by atoms with van der Waals surface area (Å²) in [5.41, 5.74) is 2.57. The number of halogens is 1. The molecule has 1 aliphatic rings. The molecule has 1 aromatic heterocycles. The lowest BCUT2D eigenvalue weighted by molar-refractivity contribution is -0.140. The highest BCUT2D eigenvalue weighted by atomic mass is 79.9. The summed E-state index contributed by atoms with van der Waals surface area (Å²) >= 11 is 3.30. The maximum absolute atomic E-state index is 13.2. The number of ether oxygens (including phenoxy) is 1. The normalized spacial score (nSPS) is 17.6.